The van der Waals surface area contributed by atoms with Crippen LogP contribution in [0.5, 0.6) is 0 Å². The predicted molar refractivity (Wildman–Crippen MR) is 102 cm³/mol. The zero-order chi connectivity index (χ0) is 18.1. The molecule has 0 spiro atoms. The molecule has 26 heavy (non-hydrogen) atoms. The Morgan fingerprint density at radius 3 is 2.81 bits per heavy atom. The molecule has 1 aliphatic rings. The van der Waals surface area contributed by atoms with Crippen LogP contribution in [0.2, 0.25) is 5.02 Å². The molecule has 0 fully saturated rings. The maximum atomic E-state index is 13.4. The Balaban J connectivity index is 1.75. The summed E-state index contributed by atoms with van der Waals surface area (Å²) >= 11 is 7.73. The molecular formula is C19H15ClFN3OS. The van der Waals surface area contributed by atoms with Crippen molar-refractivity contribution >= 4 is 35.1 Å². The molecular weight excluding hydrogens is 373 g/mol. The molecule has 4 rings (SSSR count). The van der Waals surface area contributed by atoms with Crippen LogP contribution >= 0.6 is 23.4 Å². The number of hydrogen-bond acceptors (Lipinski definition) is 3. The minimum atomic E-state index is -0.383. The number of benzene rings is 2. The summed E-state index contributed by atoms with van der Waals surface area (Å²) in [5.41, 5.74) is 2.72. The van der Waals surface area contributed by atoms with Crippen LogP contribution in [0.4, 0.5) is 10.2 Å². The highest BCUT2D eigenvalue weighted by Crippen LogP contribution is 2.43. The van der Waals surface area contributed by atoms with Gasteiger partial charge in [0.15, 0.2) is 0 Å². The van der Waals surface area contributed by atoms with E-state index in [2.05, 4.69) is 10.4 Å². The van der Waals surface area contributed by atoms with Crippen LogP contribution in [-0.2, 0) is 11.3 Å². The van der Waals surface area contributed by atoms with E-state index in [9.17, 15) is 9.18 Å². The third-order valence-corrected chi connectivity index (χ3v) is 5.81. The molecule has 1 amide bonds. The van der Waals surface area contributed by atoms with Crippen molar-refractivity contribution in [2.75, 3.05) is 11.1 Å². The van der Waals surface area contributed by atoms with Gasteiger partial charge in [-0.15, -0.1) is 11.8 Å². The van der Waals surface area contributed by atoms with E-state index in [4.69, 9.17) is 11.6 Å². The third kappa shape index (κ3) is 3.34. The minimum absolute atomic E-state index is 0.0909. The Bertz CT molecular complexity index is 961. The van der Waals surface area contributed by atoms with Gasteiger partial charge >= 0.3 is 0 Å². The number of thioether (sulfide) groups is 1. The van der Waals surface area contributed by atoms with Crippen LogP contribution < -0.4 is 5.32 Å². The molecule has 1 aliphatic heterocycles. The quantitative estimate of drug-likeness (QED) is 0.719. The molecule has 3 aromatic rings. The van der Waals surface area contributed by atoms with Gasteiger partial charge in [-0.05, 0) is 23.3 Å². The summed E-state index contributed by atoms with van der Waals surface area (Å²) in [5.74, 6) is 0.478. The summed E-state index contributed by atoms with van der Waals surface area (Å²) in [7, 11) is 0. The van der Waals surface area contributed by atoms with Gasteiger partial charge in [0.05, 0.1) is 23.7 Å². The molecule has 0 bridgehead atoms. The van der Waals surface area contributed by atoms with Crippen LogP contribution in [0.15, 0.2) is 54.7 Å². The molecule has 0 radical (unpaired) electrons. The third-order valence-electron chi connectivity index (χ3n) is 4.21. The fourth-order valence-corrected chi connectivity index (χ4v) is 4.46. The van der Waals surface area contributed by atoms with E-state index < -0.39 is 0 Å². The highest BCUT2D eigenvalue weighted by Gasteiger charge is 2.29. The molecule has 1 atom stereocenters. The summed E-state index contributed by atoms with van der Waals surface area (Å²) in [6.07, 6.45) is 1.75. The standard InChI is InChI=1S/C19H15ClFN3OS/c20-16-8-13(21)6-7-14(16)18-15-9-22-24(10-12-4-2-1-3-5-12)19(15)23-17(25)11-26-18/h1-9,18H,10-11H2,(H,23,25)/t18-/m1/s1. The van der Waals surface area contributed by atoms with Crippen molar-refractivity contribution < 1.29 is 9.18 Å². The highest BCUT2D eigenvalue weighted by molar-refractivity contribution is 8.00. The lowest BCUT2D eigenvalue weighted by atomic mass is 10.1. The molecule has 132 valence electrons. The molecule has 2 heterocycles. The van der Waals surface area contributed by atoms with Crippen molar-refractivity contribution in [3.8, 4) is 0 Å². The normalized spacial score (nSPS) is 16.7. The number of hydrogen-bond donors (Lipinski definition) is 1. The second-order valence-electron chi connectivity index (χ2n) is 6.00. The van der Waals surface area contributed by atoms with E-state index in [0.29, 0.717) is 23.1 Å². The number of rotatable bonds is 3. The molecule has 4 nitrogen and oxygen atoms in total. The summed E-state index contributed by atoms with van der Waals surface area (Å²) < 4.78 is 15.2. The molecule has 0 saturated heterocycles. The second-order valence-corrected chi connectivity index (χ2v) is 7.50. The van der Waals surface area contributed by atoms with E-state index in [-0.39, 0.29) is 17.0 Å². The molecule has 7 heteroatoms. The number of carbonyl (C=O) groups excluding carboxylic acids is 1. The topological polar surface area (TPSA) is 46.9 Å². The summed E-state index contributed by atoms with van der Waals surface area (Å²) in [4.78, 5) is 12.2. The van der Waals surface area contributed by atoms with Crippen molar-refractivity contribution in [2.45, 2.75) is 11.8 Å². The van der Waals surface area contributed by atoms with Gasteiger partial charge in [0.1, 0.15) is 11.6 Å². The summed E-state index contributed by atoms with van der Waals surface area (Å²) in [6, 6.07) is 14.3. The molecule has 0 unspecified atom stereocenters. The number of anilines is 1. The first-order valence-electron chi connectivity index (χ1n) is 8.08. The van der Waals surface area contributed by atoms with Crippen molar-refractivity contribution in [2.24, 2.45) is 0 Å². The lowest BCUT2D eigenvalue weighted by Crippen LogP contribution is -2.16. The zero-order valence-electron chi connectivity index (χ0n) is 13.7. The Kier molecular flexibility index (Phi) is 4.70. The van der Waals surface area contributed by atoms with E-state index in [0.717, 1.165) is 16.7 Å². The monoisotopic (exact) mass is 387 g/mol. The van der Waals surface area contributed by atoms with Crippen LogP contribution in [-0.4, -0.2) is 21.4 Å². The van der Waals surface area contributed by atoms with E-state index >= 15 is 0 Å². The SMILES string of the molecule is O=C1CS[C@H](c2ccc(F)cc2Cl)c2cnn(Cc3ccccc3)c2N1. The van der Waals surface area contributed by atoms with Gasteiger partial charge in [-0.25, -0.2) is 9.07 Å². The maximum absolute atomic E-state index is 13.4. The van der Waals surface area contributed by atoms with Crippen LogP contribution in [0.25, 0.3) is 0 Å². The van der Waals surface area contributed by atoms with Gasteiger partial charge in [-0.3, -0.25) is 4.79 Å². The summed E-state index contributed by atoms with van der Waals surface area (Å²) in [5, 5.41) is 7.56. The second kappa shape index (κ2) is 7.13. The van der Waals surface area contributed by atoms with Crippen LogP contribution in [0.3, 0.4) is 0 Å². The van der Waals surface area contributed by atoms with E-state index in [1.807, 2.05) is 30.3 Å². The van der Waals surface area contributed by atoms with Crippen molar-refractivity contribution in [3.05, 3.63) is 82.3 Å². The van der Waals surface area contributed by atoms with Gasteiger partial charge < -0.3 is 5.32 Å². The Morgan fingerprint density at radius 2 is 2.04 bits per heavy atom. The van der Waals surface area contributed by atoms with Crippen molar-refractivity contribution in [1.29, 1.82) is 0 Å². The predicted octanol–water partition coefficient (Wildman–Crippen LogP) is 4.50. The Labute approximate surface area is 159 Å². The van der Waals surface area contributed by atoms with Crippen molar-refractivity contribution in [3.63, 3.8) is 0 Å². The summed E-state index contributed by atoms with van der Waals surface area (Å²) in [6.45, 7) is 0.547. The lowest BCUT2D eigenvalue weighted by molar-refractivity contribution is -0.113. The number of aromatic nitrogens is 2. The largest absolute Gasteiger partial charge is 0.310 e. The molecule has 2 aromatic carbocycles. The Hall–Kier alpha value is -2.31. The average Bonchev–Trinajstić information content (AvgIpc) is 2.91. The lowest BCUT2D eigenvalue weighted by Gasteiger charge is -2.16. The fraction of sp³-hybridized carbons (Fsp3) is 0.158. The number of nitrogens with zero attached hydrogens (tertiary/aromatic N) is 2. The van der Waals surface area contributed by atoms with Crippen LogP contribution in [0.1, 0.15) is 21.9 Å². The minimum Gasteiger partial charge on any atom is -0.310 e. The van der Waals surface area contributed by atoms with Gasteiger partial charge in [0, 0.05) is 10.6 Å². The number of halogens is 2. The Morgan fingerprint density at radius 1 is 1.23 bits per heavy atom. The van der Waals surface area contributed by atoms with Gasteiger partial charge in [0.2, 0.25) is 5.91 Å². The molecule has 1 aromatic heterocycles. The van der Waals surface area contributed by atoms with E-state index in [1.165, 1.54) is 23.9 Å². The van der Waals surface area contributed by atoms with Gasteiger partial charge in [0.25, 0.3) is 0 Å². The molecule has 1 N–H and O–H groups in total. The first-order chi connectivity index (χ1) is 12.6. The molecule has 0 aliphatic carbocycles. The maximum Gasteiger partial charge on any atom is 0.235 e. The van der Waals surface area contributed by atoms with Gasteiger partial charge in [-0.2, -0.15) is 5.10 Å². The zero-order valence-corrected chi connectivity index (χ0v) is 15.2. The van der Waals surface area contributed by atoms with Gasteiger partial charge in [-0.1, -0.05) is 48.0 Å². The highest BCUT2D eigenvalue weighted by atomic mass is 35.5. The number of nitrogens with one attached hydrogen (secondary N) is 1. The molecule has 0 saturated carbocycles. The number of carbonyl (C=O) groups is 1. The smallest absolute Gasteiger partial charge is 0.235 e. The van der Waals surface area contributed by atoms with Crippen molar-refractivity contribution in [1.82, 2.24) is 9.78 Å². The number of fused-ring (bicyclic) bond motifs is 1. The first kappa shape index (κ1) is 17.1. The van der Waals surface area contributed by atoms with E-state index in [1.54, 1.807) is 16.9 Å². The van der Waals surface area contributed by atoms with Crippen LogP contribution in [0, 0.1) is 5.82 Å². The number of amides is 1. The average molecular weight is 388 g/mol. The fourth-order valence-electron chi connectivity index (χ4n) is 2.99. The first-order valence-corrected chi connectivity index (χ1v) is 9.50.